The quantitative estimate of drug-likeness (QED) is 0.898. The molecule has 2 rings (SSSR count). The van der Waals surface area contributed by atoms with Gasteiger partial charge < -0.3 is 5.32 Å². The van der Waals surface area contributed by atoms with Gasteiger partial charge in [0.1, 0.15) is 5.82 Å². The zero-order chi connectivity index (χ0) is 14.4. The molecule has 1 aromatic carbocycles. The first-order valence-electron chi connectivity index (χ1n) is 7.38. The molecule has 0 aliphatic carbocycles. The third-order valence-electron chi connectivity index (χ3n) is 3.85. The summed E-state index contributed by atoms with van der Waals surface area (Å²) in [6.45, 7) is 5.82. The maximum Gasteiger partial charge on any atom is 0.129 e. The number of hydrogen-bond donors (Lipinski definition) is 1. The molecule has 1 fully saturated rings. The van der Waals surface area contributed by atoms with Gasteiger partial charge in [-0.15, -0.1) is 0 Å². The topological polar surface area (TPSA) is 39.1 Å². The van der Waals surface area contributed by atoms with E-state index in [1.165, 1.54) is 18.9 Å². The Bertz CT molecular complexity index is 475. The molecule has 0 spiro atoms. The lowest BCUT2D eigenvalue weighted by molar-refractivity contribution is 0.156. The monoisotopic (exact) mass is 275 g/mol. The maximum atomic E-state index is 14.0. The number of benzene rings is 1. The third kappa shape index (κ3) is 3.78. The summed E-state index contributed by atoms with van der Waals surface area (Å²) in [6, 6.07) is 7.23. The Morgan fingerprint density at radius 3 is 2.95 bits per heavy atom. The Morgan fingerprint density at radius 1 is 1.50 bits per heavy atom. The van der Waals surface area contributed by atoms with Gasteiger partial charge in [0.2, 0.25) is 0 Å². The normalized spacial score (nSPS) is 19.0. The van der Waals surface area contributed by atoms with E-state index in [0.29, 0.717) is 23.7 Å². The average Bonchev–Trinajstić information content (AvgIpc) is 2.49. The van der Waals surface area contributed by atoms with Gasteiger partial charge in [0, 0.05) is 24.7 Å². The van der Waals surface area contributed by atoms with Crippen LogP contribution in [0, 0.1) is 17.1 Å². The van der Waals surface area contributed by atoms with Crippen LogP contribution in [-0.4, -0.2) is 30.6 Å². The summed E-state index contributed by atoms with van der Waals surface area (Å²) in [7, 11) is 0. The highest BCUT2D eigenvalue weighted by Crippen LogP contribution is 2.17. The lowest BCUT2D eigenvalue weighted by Gasteiger charge is -2.34. The van der Waals surface area contributed by atoms with Crippen LogP contribution in [0.4, 0.5) is 4.39 Å². The van der Waals surface area contributed by atoms with Crippen LogP contribution in [-0.2, 0) is 6.54 Å². The molecule has 1 unspecified atom stereocenters. The van der Waals surface area contributed by atoms with Crippen molar-refractivity contribution in [2.24, 2.45) is 0 Å². The van der Waals surface area contributed by atoms with Gasteiger partial charge in [0.05, 0.1) is 11.6 Å². The molecule has 0 aromatic heterocycles. The fraction of sp³-hybridized carbons (Fsp3) is 0.562. The fourth-order valence-corrected chi connectivity index (χ4v) is 2.79. The molecule has 20 heavy (non-hydrogen) atoms. The number of nitriles is 1. The molecule has 4 heteroatoms. The highest BCUT2D eigenvalue weighted by molar-refractivity contribution is 5.32. The van der Waals surface area contributed by atoms with Crippen LogP contribution in [0.25, 0.3) is 0 Å². The SMILES string of the molecule is CCCN(Cc1ccc(C#N)cc1F)C1CCCNC1. The number of piperidine rings is 1. The Labute approximate surface area is 120 Å². The molecule has 0 bridgehead atoms. The van der Waals surface area contributed by atoms with E-state index in [-0.39, 0.29) is 5.82 Å². The molecule has 1 saturated heterocycles. The predicted octanol–water partition coefficient (Wildman–Crippen LogP) is 2.66. The zero-order valence-electron chi connectivity index (χ0n) is 12.0. The van der Waals surface area contributed by atoms with Crippen molar-refractivity contribution < 1.29 is 4.39 Å². The first-order chi connectivity index (χ1) is 9.74. The van der Waals surface area contributed by atoms with E-state index in [1.54, 1.807) is 12.1 Å². The van der Waals surface area contributed by atoms with Crippen LogP contribution >= 0.6 is 0 Å². The molecule has 1 aliphatic heterocycles. The summed E-state index contributed by atoms with van der Waals surface area (Å²) in [4.78, 5) is 2.36. The Morgan fingerprint density at radius 2 is 2.35 bits per heavy atom. The van der Waals surface area contributed by atoms with Crippen molar-refractivity contribution in [1.29, 1.82) is 5.26 Å². The van der Waals surface area contributed by atoms with Gasteiger partial charge in [-0.05, 0) is 44.5 Å². The van der Waals surface area contributed by atoms with Gasteiger partial charge in [0.15, 0.2) is 0 Å². The second-order valence-corrected chi connectivity index (χ2v) is 5.39. The Hall–Kier alpha value is -1.44. The second kappa shape index (κ2) is 7.37. The van der Waals surface area contributed by atoms with Crippen LogP contribution in [0.3, 0.4) is 0 Å². The van der Waals surface area contributed by atoms with Gasteiger partial charge in [-0.1, -0.05) is 13.0 Å². The molecule has 108 valence electrons. The number of rotatable bonds is 5. The minimum atomic E-state index is -0.270. The third-order valence-corrected chi connectivity index (χ3v) is 3.85. The van der Waals surface area contributed by atoms with Crippen LogP contribution < -0.4 is 5.32 Å². The molecule has 1 aliphatic rings. The number of nitrogens with one attached hydrogen (secondary N) is 1. The van der Waals surface area contributed by atoms with E-state index in [1.807, 2.05) is 6.07 Å². The van der Waals surface area contributed by atoms with Crippen molar-refractivity contribution in [3.63, 3.8) is 0 Å². The smallest absolute Gasteiger partial charge is 0.129 e. The lowest BCUT2D eigenvalue weighted by atomic mass is 10.0. The van der Waals surface area contributed by atoms with E-state index in [0.717, 1.165) is 26.1 Å². The first kappa shape index (κ1) is 15.0. The molecule has 1 heterocycles. The van der Waals surface area contributed by atoms with E-state index in [9.17, 15) is 4.39 Å². The number of hydrogen-bond acceptors (Lipinski definition) is 3. The van der Waals surface area contributed by atoms with Crippen molar-refractivity contribution in [2.45, 2.75) is 38.8 Å². The summed E-state index contributed by atoms with van der Waals surface area (Å²) < 4.78 is 14.0. The first-order valence-corrected chi connectivity index (χ1v) is 7.38. The molecule has 0 amide bonds. The highest BCUT2D eigenvalue weighted by atomic mass is 19.1. The second-order valence-electron chi connectivity index (χ2n) is 5.39. The molecule has 0 saturated carbocycles. The zero-order valence-corrected chi connectivity index (χ0v) is 12.0. The maximum absolute atomic E-state index is 14.0. The van der Waals surface area contributed by atoms with Gasteiger partial charge in [-0.25, -0.2) is 4.39 Å². The summed E-state index contributed by atoms with van der Waals surface area (Å²) in [5.41, 5.74) is 1.07. The van der Waals surface area contributed by atoms with Crippen LogP contribution in [0.2, 0.25) is 0 Å². The van der Waals surface area contributed by atoms with Crippen molar-refractivity contribution in [3.05, 3.63) is 35.1 Å². The van der Waals surface area contributed by atoms with Crippen LogP contribution in [0.1, 0.15) is 37.3 Å². The molecule has 0 radical (unpaired) electrons. The van der Waals surface area contributed by atoms with Gasteiger partial charge >= 0.3 is 0 Å². The number of nitrogens with zero attached hydrogens (tertiary/aromatic N) is 2. The van der Waals surface area contributed by atoms with E-state index >= 15 is 0 Å². The van der Waals surface area contributed by atoms with Crippen molar-refractivity contribution in [3.8, 4) is 6.07 Å². The fourth-order valence-electron chi connectivity index (χ4n) is 2.79. The van der Waals surface area contributed by atoms with Gasteiger partial charge in [-0.3, -0.25) is 4.90 Å². The summed E-state index contributed by atoms with van der Waals surface area (Å²) in [5, 5.41) is 12.2. The molecular weight excluding hydrogens is 253 g/mol. The van der Waals surface area contributed by atoms with Crippen molar-refractivity contribution in [1.82, 2.24) is 10.2 Å². The Kier molecular flexibility index (Phi) is 5.51. The molecule has 1 N–H and O–H groups in total. The highest BCUT2D eigenvalue weighted by Gasteiger charge is 2.21. The van der Waals surface area contributed by atoms with E-state index in [4.69, 9.17) is 5.26 Å². The molecule has 1 atom stereocenters. The standard InChI is InChI=1S/C16H22FN3/c1-2-8-20(15-4-3-7-19-11-15)12-14-6-5-13(10-18)9-16(14)17/h5-6,9,15,19H,2-4,7-8,11-12H2,1H3. The minimum absolute atomic E-state index is 0.270. The van der Waals surface area contributed by atoms with Gasteiger partial charge in [-0.2, -0.15) is 5.26 Å². The summed E-state index contributed by atoms with van der Waals surface area (Å²) >= 11 is 0. The summed E-state index contributed by atoms with van der Waals surface area (Å²) in [5.74, 6) is -0.270. The minimum Gasteiger partial charge on any atom is -0.315 e. The number of halogens is 1. The molecule has 3 nitrogen and oxygen atoms in total. The molecular formula is C16H22FN3. The van der Waals surface area contributed by atoms with Crippen molar-refractivity contribution in [2.75, 3.05) is 19.6 Å². The average molecular weight is 275 g/mol. The Balaban J connectivity index is 2.09. The molecule has 1 aromatic rings. The largest absolute Gasteiger partial charge is 0.315 e. The summed E-state index contributed by atoms with van der Waals surface area (Å²) in [6.07, 6.45) is 3.42. The predicted molar refractivity (Wildman–Crippen MR) is 77.7 cm³/mol. The van der Waals surface area contributed by atoms with Crippen molar-refractivity contribution >= 4 is 0 Å². The van der Waals surface area contributed by atoms with E-state index < -0.39 is 0 Å². The van der Waals surface area contributed by atoms with Crippen LogP contribution in [0.5, 0.6) is 0 Å². The van der Waals surface area contributed by atoms with Crippen LogP contribution in [0.15, 0.2) is 18.2 Å². The van der Waals surface area contributed by atoms with E-state index in [2.05, 4.69) is 17.1 Å². The lowest BCUT2D eigenvalue weighted by Crippen LogP contribution is -2.46. The van der Waals surface area contributed by atoms with Gasteiger partial charge in [0.25, 0.3) is 0 Å².